The van der Waals surface area contributed by atoms with Crippen molar-refractivity contribution in [2.75, 3.05) is 20.6 Å². The number of allylic oxidation sites excluding steroid dienone is 1. The molecule has 34 heavy (non-hydrogen) atoms. The fourth-order valence-corrected chi connectivity index (χ4v) is 4.75. The molecular formula is C27H46N2O4S. The molecule has 6 nitrogen and oxygen atoms in total. The van der Waals surface area contributed by atoms with Crippen LogP contribution < -0.4 is 5.11 Å². The van der Waals surface area contributed by atoms with Crippen molar-refractivity contribution >= 4 is 16.2 Å². The smallest absolute Gasteiger partial charge is 0.427 e. The predicted octanol–water partition coefficient (Wildman–Crippen LogP) is 5.89. The highest BCUT2D eigenvalue weighted by molar-refractivity contribution is 7.85. The van der Waals surface area contributed by atoms with Gasteiger partial charge in [-0.15, -0.1) is 4.40 Å². The van der Waals surface area contributed by atoms with Crippen LogP contribution in [-0.2, 0) is 21.0 Å². The lowest BCUT2D eigenvalue weighted by Gasteiger charge is -2.30. The molecule has 1 aromatic rings. The lowest BCUT2D eigenvalue weighted by Crippen LogP contribution is -2.39. The third-order valence-electron chi connectivity index (χ3n) is 5.84. The van der Waals surface area contributed by atoms with Crippen LogP contribution in [0, 0.1) is 0 Å². The van der Waals surface area contributed by atoms with E-state index in [9.17, 15) is 13.5 Å². The molecule has 0 saturated heterocycles. The van der Waals surface area contributed by atoms with Gasteiger partial charge in [-0.25, -0.2) is 0 Å². The molecule has 0 amide bonds. The molecule has 0 aliphatic carbocycles. The zero-order valence-electron chi connectivity index (χ0n) is 21.8. The topological polar surface area (TPSA) is 78.8 Å². The molecule has 0 aromatic heterocycles. The molecular weight excluding hydrogens is 448 g/mol. The Morgan fingerprint density at radius 1 is 0.853 bits per heavy atom. The van der Waals surface area contributed by atoms with Crippen molar-refractivity contribution in [2.24, 2.45) is 4.40 Å². The van der Waals surface area contributed by atoms with Crippen LogP contribution >= 0.6 is 0 Å². The van der Waals surface area contributed by atoms with Crippen molar-refractivity contribution in [3.05, 3.63) is 47.7 Å². The predicted molar refractivity (Wildman–Crippen MR) is 139 cm³/mol. The highest BCUT2D eigenvalue weighted by Gasteiger charge is 2.15. The van der Waals surface area contributed by atoms with E-state index < -0.39 is 16.2 Å². The van der Waals surface area contributed by atoms with Crippen molar-refractivity contribution in [1.82, 2.24) is 0 Å². The minimum absolute atomic E-state index is 0.0417. The number of benzene rings is 1. The van der Waals surface area contributed by atoms with E-state index in [1.54, 1.807) is 0 Å². The van der Waals surface area contributed by atoms with E-state index in [2.05, 4.69) is 59.9 Å². The zero-order chi connectivity index (χ0) is 25.3. The summed E-state index contributed by atoms with van der Waals surface area (Å²) in [5, 5.41) is 10.4. The molecule has 0 spiro atoms. The highest BCUT2D eigenvalue weighted by Crippen LogP contribution is 2.14. The molecule has 1 aromatic carbocycles. The Morgan fingerprint density at radius 2 is 1.35 bits per heavy atom. The maximum absolute atomic E-state index is 10.4. The Labute approximate surface area is 208 Å². The van der Waals surface area contributed by atoms with E-state index in [1.807, 2.05) is 0 Å². The summed E-state index contributed by atoms with van der Waals surface area (Å²) in [6.45, 7) is 6.11. The quantitative estimate of drug-likeness (QED) is 0.225. The van der Waals surface area contributed by atoms with Gasteiger partial charge < -0.3 is 13.8 Å². The number of unbranched alkanes of at least 4 members (excludes halogenated alkanes) is 11. The van der Waals surface area contributed by atoms with Gasteiger partial charge in [0, 0.05) is 11.5 Å². The molecule has 1 aliphatic rings. The SMILES string of the molecule is CC1=CC([O-])=NS(=O)(=O)O1.CCCCCCCCCCCCCC[N+](C)(C)Cc1ccccc1. The van der Waals surface area contributed by atoms with Crippen molar-refractivity contribution in [1.29, 1.82) is 0 Å². The van der Waals surface area contributed by atoms with Crippen molar-refractivity contribution in [3.8, 4) is 0 Å². The number of rotatable bonds is 15. The third-order valence-corrected chi connectivity index (χ3v) is 6.71. The second kappa shape index (κ2) is 16.7. The van der Waals surface area contributed by atoms with Gasteiger partial charge in [0.15, 0.2) is 0 Å². The molecule has 0 N–H and O–H groups in total. The molecule has 0 atom stereocenters. The van der Waals surface area contributed by atoms with Crippen molar-refractivity contribution < 1.29 is 22.2 Å². The molecule has 1 heterocycles. The summed E-state index contributed by atoms with van der Waals surface area (Å²) in [6, 6.07) is 10.9. The van der Waals surface area contributed by atoms with Gasteiger partial charge in [0.05, 0.1) is 20.6 Å². The van der Waals surface area contributed by atoms with Crippen LogP contribution in [0.2, 0.25) is 0 Å². The zero-order valence-corrected chi connectivity index (χ0v) is 22.6. The summed E-state index contributed by atoms with van der Waals surface area (Å²) < 4.78 is 28.8. The van der Waals surface area contributed by atoms with Crippen LogP contribution in [0.4, 0.5) is 0 Å². The normalized spacial score (nSPS) is 14.9. The van der Waals surface area contributed by atoms with Gasteiger partial charge in [-0.05, 0) is 25.8 Å². The van der Waals surface area contributed by atoms with E-state index in [0.29, 0.717) is 0 Å². The lowest BCUT2D eigenvalue weighted by atomic mass is 10.1. The Kier molecular flexibility index (Phi) is 14.8. The van der Waals surface area contributed by atoms with Crippen LogP contribution in [0.25, 0.3) is 0 Å². The summed E-state index contributed by atoms with van der Waals surface area (Å²) >= 11 is 0. The van der Waals surface area contributed by atoms with Gasteiger partial charge in [0.2, 0.25) is 0 Å². The standard InChI is InChI=1S/C23H42N.C4H5NO4S/c1-4-5-6-7-8-9-10-11-12-13-14-18-21-24(2,3)22-23-19-16-15-17-20-23;1-3-2-4(6)5-10(7,8)9-3/h15-17,19-20H,4-14,18,21-22H2,1-3H3;2H,1H3,(H,5,6)/q+1;/p-1. The monoisotopic (exact) mass is 494 g/mol. The van der Waals surface area contributed by atoms with Crippen molar-refractivity contribution in [3.63, 3.8) is 0 Å². The maximum Gasteiger partial charge on any atom is 0.427 e. The number of hydrogen-bond acceptors (Lipinski definition) is 4. The first-order valence-corrected chi connectivity index (χ1v) is 14.3. The van der Waals surface area contributed by atoms with Gasteiger partial charge >= 0.3 is 10.3 Å². The molecule has 194 valence electrons. The molecule has 0 fully saturated rings. The highest BCUT2D eigenvalue weighted by atomic mass is 32.2. The Balaban J connectivity index is 0.000000479. The Morgan fingerprint density at radius 3 is 1.82 bits per heavy atom. The third kappa shape index (κ3) is 15.9. The summed E-state index contributed by atoms with van der Waals surface area (Å²) in [6.07, 6.45) is 18.2. The molecule has 0 bridgehead atoms. The second-order valence-corrected chi connectivity index (χ2v) is 11.1. The summed E-state index contributed by atoms with van der Waals surface area (Å²) in [5.41, 5.74) is 1.46. The van der Waals surface area contributed by atoms with Gasteiger partial charge in [-0.1, -0.05) is 101 Å². The molecule has 1 aliphatic heterocycles. The van der Waals surface area contributed by atoms with Gasteiger partial charge in [-0.3, -0.25) is 0 Å². The molecule has 2 rings (SSSR count). The average Bonchev–Trinajstić information content (AvgIpc) is 2.73. The lowest BCUT2D eigenvalue weighted by molar-refractivity contribution is -0.903. The number of hydrogen-bond donors (Lipinski definition) is 0. The molecule has 0 saturated carbocycles. The maximum atomic E-state index is 10.4. The Hall–Kier alpha value is -1.86. The fraction of sp³-hybridized carbons (Fsp3) is 0.667. The van der Waals surface area contributed by atoms with E-state index in [4.69, 9.17) is 0 Å². The second-order valence-electron chi connectivity index (χ2n) is 9.89. The van der Waals surface area contributed by atoms with Gasteiger partial charge in [0.25, 0.3) is 0 Å². The Bertz CT molecular complexity index is 833. The van der Waals surface area contributed by atoms with E-state index in [1.165, 1.54) is 96.1 Å². The van der Waals surface area contributed by atoms with E-state index >= 15 is 0 Å². The van der Waals surface area contributed by atoms with Crippen LogP contribution in [-0.4, -0.2) is 39.4 Å². The molecule has 0 radical (unpaired) electrons. The summed E-state index contributed by atoms with van der Waals surface area (Å²) in [5.74, 6) is -0.760. The molecule has 0 unspecified atom stereocenters. The first-order chi connectivity index (χ1) is 16.1. The first kappa shape index (κ1) is 30.2. The van der Waals surface area contributed by atoms with Crippen LogP contribution in [0.3, 0.4) is 0 Å². The summed E-state index contributed by atoms with van der Waals surface area (Å²) in [7, 11) is 0.759. The first-order valence-electron chi connectivity index (χ1n) is 12.9. The van der Waals surface area contributed by atoms with Gasteiger partial charge in [0.1, 0.15) is 12.3 Å². The molecule has 7 heteroatoms. The van der Waals surface area contributed by atoms with E-state index in [0.717, 1.165) is 17.1 Å². The minimum atomic E-state index is -3.97. The van der Waals surface area contributed by atoms with Crippen molar-refractivity contribution in [2.45, 2.75) is 97.4 Å². The minimum Gasteiger partial charge on any atom is -0.858 e. The average molecular weight is 495 g/mol. The van der Waals surface area contributed by atoms with Crippen LogP contribution in [0.5, 0.6) is 0 Å². The largest absolute Gasteiger partial charge is 0.858 e. The summed E-state index contributed by atoms with van der Waals surface area (Å²) in [4.78, 5) is 0. The van der Waals surface area contributed by atoms with Gasteiger partial charge in [-0.2, -0.15) is 8.42 Å². The number of nitrogens with zero attached hydrogens (tertiary/aromatic N) is 2. The van der Waals surface area contributed by atoms with Crippen LogP contribution in [0.15, 0.2) is 46.6 Å². The fourth-order valence-electron chi connectivity index (χ4n) is 4.06. The van der Waals surface area contributed by atoms with Crippen LogP contribution in [0.1, 0.15) is 96.5 Å². The van der Waals surface area contributed by atoms with E-state index in [-0.39, 0.29) is 5.76 Å². The number of quaternary nitrogens is 1.